The molecule has 0 spiro atoms. The minimum atomic E-state index is 0.562. The van der Waals surface area contributed by atoms with Gasteiger partial charge in [0.2, 0.25) is 0 Å². The topological polar surface area (TPSA) is 16.1 Å². The second kappa shape index (κ2) is 5.69. The molecule has 1 heterocycles. The Balaban J connectivity index is 2.06. The minimum absolute atomic E-state index is 0.562. The predicted molar refractivity (Wildman–Crippen MR) is 72.3 cm³/mol. The van der Waals surface area contributed by atoms with E-state index >= 15 is 0 Å². The van der Waals surface area contributed by atoms with E-state index in [0.717, 1.165) is 12.1 Å². The van der Waals surface area contributed by atoms with E-state index < -0.39 is 0 Å². The number of rotatable bonds is 4. The summed E-state index contributed by atoms with van der Waals surface area (Å²) in [5, 5.41) is 0. The van der Waals surface area contributed by atoms with Crippen molar-refractivity contribution in [3.8, 4) is 0 Å². The van der Waals surface area contributed by atoms with Gasteiger partial charge >= 0.3 is 0 Å². The van der Waals surface area contributed by atoms with Gasteiger partial charge in [-0.2, -0.15) is 0 Å². The van der Waals surface area contributed by atoms with Crippen molar-refractivity contribution in [1.29, 1.82) is 0 Å². The van der Waals surface area contributed by atoms with E-state index in [9.17, 15) is 0 Å². The smallest absolute Gasteiger partial charge is 0.0474 e. The molecule has 17 heavy (non-hydrogen) atoms. The lowest BCUT2D eigenvalue weighted by molar-refractivity contribution is 0.915. The Morgan fingerprint density at radius 2 is 1.88 bits per heavy atom. The molecule has 2 aromatic rings. The lowest BCUT2D eigenvalue weighted by Crippen LogP contribution is -2.16. The van der Waals surface area contributed by atoms with Gasteiger partial charge < -0.3 is 4.90 Å². The summed E-state index contributed by atoms with van der Waals surface area (Å²) in [4.78, 5) is 6.30. The van der Waals surface area contributed by atoms with Crippen LogP contribution in [0.2, 0.25) is 0 Å². The highest BCUT2D eigenvalue weighted by Gasteiger charge is 2.02. The Labute approximate surface area is 107 Å². The summed E-state index contributed by atoms with van der Waals surface area (Å²) in [6, 6.07) is 12.3. The highest BCUT2D eigenvalue weighted by molar-refractivity contribution is 6.17. The first-order chi connectivity index (χ1) is 8.29. The molecule has 0 aliphatic heterocycles. The van der Waals surface area contributed by atoms with Gasteiger partial charge in [-0.25, -0.2) is 0 Å². The zero-order chi connectivity index (χ0) is 12.1. The Hall–Kier alpha value is -1.54. The minimum Gasteiger partial charge on any atom is -0.370 e. The summed E-state index contributed by atoms with van der Waals surface area (Å²) in [6.07, 6.45) is 3.68. The van der Waals surface area contributed by atoms with Gasteiger partial charge in [-0.3, -0.25) is 4.98 Å². The zero-order valence-electron chi connectivity index (χ0n) is 9.81. The highest BCUT2D eigenvalue weighted by atomic mass is 35.5. The molecule has 0 atom stereocenters. The van der Waals surface area contributed by atoms with Gasteiger partial charge in [0.15, 0.2) is 0 Å². The third-order valence-corrected chi connectivity index (χ3v) is 2.98. The Morgan fingerprint density at radius 3 is 2.47 bits per heavy atom. The summed E-state index contributed by atoms with van der Waals surface area (Å²) in [5.41, 5.74) is 3.53. The van der Waals surface area contributed by atoms with Crippen LogP contribution in [-0.2, 0) is 12.4 Å². The van der Waals surface area contributed by atoms with Crippen molar-refractivity contribution < 1.29 is 0 Å². The van der Waals surface area contributed by atoms with Crippen LogP contribution in [0.15, 0.2) is 48.8 Å². The molecule has 0 N–H and O–H groups in total. The first-order valence-corrected chi connectivity index (χ1v) is 6.08. The van der Waals surface area contributed by atoms with E-state index in [1.165, 1.54) is 11.3 Å². The van der Waals surface area contributed by atoms with Crippen molar-refractivity contribution in [2.24, 2.45) is 0 Å². The molecule has 0 aliphatic rings. The number of aromatic nitrogens is 1. The second-order valence-electron chi connectivity index (χ2n) is 4.02. The number of pyridine rings is 1. The van der Waals surface area contributed by atoms with Gasteiger partial charge in [-0.15, -0.1) is 11.6 Å². The number of hydrogen-bond donors (Lipinski definition) is 0. The molecule has 0 unspecified atom stereocenters. The van der Waals surface area contributed by atoms with Crippen LogP contribution in [0.4, 0.5) is 5.69 Å². The lowest BCUT2D eigenvalue weighted by Gasteiger charge is -2.19. The van der Waals surface area contributed by atoms with E-state index in [0.29, 0.717) is 5.88 Å². The van der Waals surface area contributed by atoms with Gasteiger partial charge in [-0.1, -0.05) is 18.2 Å². The SMILES string of the molecule is CN(Cc1cccnc1)c1ccc(CCl)cc1. The summed E-state index contributed by atoms with van der Waals surface area (Å²) >= 11 is 5.77. The van der Waals surface area contributed by atoms with E-state index in [1.54, 1.807) is 6.20 Å². The zero-order valence-corrected chi connectivity index (χ0v) is 10.6. The first-order valence-electron chi connectivity index (χ1n) is 5.54. The van der Waals surface area contributed by atoms with Crippen LogP contribution >= 0.6 is 11.6 Å². The number of benzene rings is 1. The molecule has 1 aromatic heterocycles. The van der Waals surface area contributed by atoms with Crippen molar-refractivity contribution in [2.45, 2.75) is 12.4 Å². The third kappa shape index (κ3) is 3.21. The number of halogens is 1. The molecule has 3 heteroatoms. The van der Waals surface area contributed by atoms with Crippen LogP contribution < -0.4 is 4.90 Å². The quantitative estimate of drug-likeness (QED) is 0.768. The standard InChI is InChI=1S/C14H15ClN2/c1-17(11-13-3-2-8-16-10-13)14-6-4-12(9-15)5-7-14/h2-8,10H,9,11H2,1H3. The van der Waals surface area contributed by atoms with Crippen molar-refractivity contribution in [1.82, 2.24) is 4.98 Å². The average Bonchev–Trinajstić information content (AvgIpc) is 2.40. The van der Waals surface area contributed by atoms with Crippen LogP contribution in [-0.4, -0.2) is 12.0 Å². The van der Waals surface area contributed by atoms with Crippen LogP contribution in [0.3, 0.4) is 0 Å². The van der Waals surface area contributed by atoms with E-state index in [-0.39, 0.29) is 0 Å². The molecular formula is C14H15ClN2. The molecule has 0 bridgehead atoms. The van der Waals surface area contributed by atoms with Gasteiger partial charge in [0.1, 0.15) is 0 Å². The Kier molecular flexibility index (Phi) is 3.99. The van der Waals surface area contributed by atoms with Crippen molar-refractivity contribution >= 4 is 17.3 Å². The second-order valence-corrected chi connectivity index (χ2v) is 4.28. The third-order valence-electron chi connectivity index (χ3n) is 2.67. The molecular weight excluding hydrogens is 232 g/mol. The van der Waals surface area contributed by atoms with Gasteiger partial charge in [0.25, 0.3) is 0 Å². The first kappa shape index (κ1) is 11.9. The van der Waals surface area contributed by atoms with Crippen LogP contribution in [0.25, 0.3) is 0 Å². The average molecular weight is 247 g/mol. The molecule has 0 radical (unpaired) electrons. The molecule has 0 saturated carbocycles. The van der Waals surface area contributed by atoms with Gasteiger partial charge in [-0.05, 0) is 29.3 Å². The molecule has 2 rings (SSSR count). The number of hydrogen-bond acceptors (Lipinski definition) is 2. The highest BCUT2D eigenvalue weighted by Crippen LogP contribution is 2.16. The molecule has 0 saturated heterocycles. The van der Waals surface area contributed by atoms with Gasteiger partial charge in [0, 0.05) is 37.6 Å². The number of anilines is 1. The Morgan fingerprint density at radius 1 is 1.12 bits per heavy atom. The van der Waals surface area contributed by atoms with Crippen LogP contribution in [0.1, 0.15) is 11.1 Å². The maximum atomic E-state index is 5.77. The van der Waals surface area contributed by atoms with E-state index in [1.807, 2.05) is 12.3 Å². The van der Waals surface area contributed by atoms with E-state index in [2.05, 4.69) is 47.3 Å². The molecule has 88 valence electrons. The van der Waals surface area contributed by atoms with Crippen molar-refractivity contribution in [2.75, 3.05) is 11.9 Å². The maximum Gasteiger partial charge on any atom is 0.0474 e. The summed E-state index contributed by atoms with van der Waals surface area (Å²) < 4.78 is 0. The maximum absolute atomic E-state index is 5.77. The fourth-order valence-electron chi connectivity index (χ4n) is 1.70. The lowest BCUT2D eigenvalue weighted by atomic mass is 10.2. The molecule has 0 amide bonds. The van der Waals surface area contributed by atoms with Crippen molar-refractivity contribution in [3.05, 3.63) is 59.9 Å². The number of nitrogens with zero attached hydrogens (tertiary/aromatic N) is 2. The molecule has 1 aromatic carbocycles. The van der Waals surface area contributed by atoms with Crippen molar-refractivity contribution in [3.63, 3.8) is 0 Å². The van der Waals surface area contributed by atoms with E-state index in [4.69, 9.17) is 11.6 Å². The van der Waals surface area contributed by atoms with Crippen LogP contribution in [0.5, 0.6) is 0 Å². The molecule has 2 nitrogen and oxygen atoms in total. The van der Waals surface area contributed by atoms with Gasteiger partial charge in [0.05, 0.1) is 0 Å². The number of alkyl halides is 1. The summed E-state index contributed by atoms with van der Waals surface area (Å²) in [6.45, 7) is 0.855. The molecule has 0 fully saturated rings. The van der Waals surface area contributed by atoms with Crippen LogP contribution in [0, 0.1) is 0 Å². The largest absolute Gasteiger partial charge is 0.370 e. The normalized spacial score (nSPS) is 10.2. The fraction of sp³-hybridized carbons (Fsp3) is 0.214. The Bertz CT molecular complexity index is 453. The monoisotopic (exact) mass is 246 g/mol. The fourth-order valence-corrected chi connectivity index (χ4v) is 1.87. The molecule has 0 aliphatic carbocycles. The predicted octanol–water partition coefficient (Wildman–Crippen LogP) is 3.46. The summed E-state index contributed by atoms with van der Waals surface area (Å²) in [7, 11) is 2.07. The summed E-state index contributed by atoms with van der Waals surface area (Å²) in [5.74, 6) is 0.562.